The average Bonchev–Trinajstić information content (AvgIpc) is 3.03. The van der Waals surface area contributed by atoms with Crippen LogP contribution in [0.4, 0.5) is 17.1 Å². The van der Waals surface area contributed by atoms with Gasteiger partial charge in [-0.05, 0) is 61.0 Å². The summed E-state index contributed by atoms with van der Waals surface area (Å²) in [5, 5.41) is 5.49. The van der Waals surface area contributed by atoms with Gasteiger partial charge in [-0.2, -0.15) is 0 Å². The fraction of sp³-hybridized carbons (Fsp3) is 0.0800. The number of rotatable bonds is 6. The number of hydrogen-bond acceptors (Lipinski definition) is 5. The quantitative estimate of drug-likeness (QED) is 0.520. The smallest absolute Gasteiger partial charge is 0.283 e. The van der Waals surface area contributed by atoms with Crippen LogP contribution in [-0.2, 0) is 9.59 Å². The monoisotopic (exact) mass is 461 g/mol. The molecule has 166 valence electrons. The second-order valence-electron chi connectivity index (χ2n) is 7.31. The summed E-state index contributed by atoms with van der Waals surface area (Å²) in [5.74, 6) is -0.821. The van der Waals surface area contributed by atoms with Gasteiger partial charge in [0.25, 0.3) is 17.7 Å². The molecule has 0 unspecified atom stereocenters. The Hall–Kier alpha value is -4.10. The van der Waals surface area contributed by atoms with Gasteiger partial charge < -0.3 is 15.4 Å². The molecular formula is C25H20ClN3O4. The van der Waals surface area contributed by atoms with Crippen molar-refractivity contribution >= 4 is 46.4 Å². The van der Waals surface area contributed by atoms with Gasteiger partial charge in [-0.1, -0.05) is 35.9 Å². The number of hydrogen-bond donors (Lipinski definition) is 2. The van der Waals surface area contributed by atoms with Gasteiger partial charge in [0, 0.05) is 16.9 Å². The molecule has 0 atom stereocenters. The van der Waals surface area contributed by atoms with E-state index < -0.39 is 11.8 Å². The summed E-state index contributed by atoms with van der Waals surface area (Å²) < 4.78 is 5.11. The molecule has 3 aromatic rings. The van der Waals surface area contributed by atoms with E-state index in [-0.39, 0.29) is 16.6 Å². The molecule has 2 N–H and O–H groups in total. The summed E-state index contributed by atoms with van der Waals surface area (Å²) in [5.41, 5.74) is 2.60. The Morgan fingerprint density at radius 1 is 0.909 bits per heavy atom. The van der Waals surface area contributed by atoms with Crippen LogP contribution in [0.2, 0.25) is 0 Å². The van der Waals surface area contributed by atoms with Gasteiger partial charge in [-0.25, -0.2) is 4.90 Å². The van der Waals surface area contributed by atoms with E-state index in [9.17, 15) is 14.4 Å². The molecule has 7 nitrogen and oxygen atoms in total. The van der Waals surface area contributed by atoms with Gasteiger partial charge in [0.15, 0.2) is 0 Å². The maximum Gasteiger partial charge on any atom is 0.283 e. The summed E-state index contributed by atoms with van der Waals surface area (Å²) in [6.45, 7) is 1.81. The van der Waals surface area contributed by atoms with E-state index in [0.29, 0.717) is 28.4 Å². The van der Waals surface area contributed by atoms with Gasteiger partial charge in [-0.3, -0.25) is 14.4 Å². The van der Waals surface area contributed by atoms with Gasteiger partial charge in [0.2, 0.25) is 0 Å². The molecule has 3 aromatic carbocycles. The van der Waals surface area contributed by atoms with Crippen LogP contribution in [0, 0.1) is 6.92 Å². The van der Waals surface area contributed by atoms with Crippen molar-refractivity contribution in [3.63, 3.8) is 0 Å². The maximum absolute atomic E-state index is 13.0. The second kappa shape index (κ2) is 9.18. The van der Waals surface area contributed by atoms with Crippen molar-refractivity contribution in [3.05, 3.63) is 94.7 Å². The van der Waals surface area contributed by atoms with Gasteiger partial charge in [-0.15, -0.1) is 0 Å². The number of anilines is 3. The molecule has 1 aliphatic heterocycles. The number of nitrogens with one attached hydrogen (secondary N) is 2. The molecule has 0 spiro atoms. The van der Waals surface area contributed by atoms with E-state index in [1.165, 1.54) is 0 Å². The van der Waals surface area contributed by atoms with E-state index in [1.807, 2.05) is 6.07 Å². The molecule has 8 heteroatoms. The first kappa shape index (κ1) is 22.1. The van der Waals surface area contributed by atoms with E-state index in [2.05, 4.69) is 10.6 Å². The highest BCUT2D eigenvalue weighted by Gasteiger charge is 2.39. The lowest BCUT2D eigenvalue weighted by molar-refractivity contribution is -0.120. The minimum absolute atomic E-state index is 0.0439. The maximum atomic E-state index is 13.0. The molecular weight excluding hydrogens is 442 g/mol. The number of ether oxygens (including phenoxy) is 1. The van der Waals surface area contributed by atoms with Crippen LogP contribution in [-0.4, -0.2) is 24.8 Å². The van der Waals surface area contributed by atoms with Crippen molar-refractivity contribution in [1.29, 1.82) is 0 Å². The topological polar surface area (TPSA) is 87.7 Å². The predicted octanol–water partition coefficient (Wildman–Crippen LogP) is 4.69. The number of carbonyl (C=O) groups is 3. The molecule has 33 heavy (non-hydrogen) atoms. The Bertz CT molecular complexity index is 1280. The van der Waals surface area contributed by atoms with E-state index in [1.54, 1.807) is 80.8 Å². The Kier molecular flexibility index (Phi) is 6.15. The number of imide groups is 1. The van der Waals surface area contributed by atoms with Crippen LogP contribution < -0.4 is 20.3 Å². The SMILES string of the molecule is COc1ccc(NC(=O)c2cccc(NC3=C(Cl)C(=O)N(c4ccccc4C)C3=O)c2)cc1. The molecule has 0 saturated heterocycles. The Morgan fingerprint density at radius 3 is 2.33 bits per heavy atom. The highest BCUT2D eigenvalue weighted by atomic mass is 35.5. The lowest BCUT2D eigenvalue weighted by atomic mass is 10.1. The number of nitrogens with zero attached hydrogens (tertiary/aromatic N) is 1. The van der Waals surface area contributed by atoms with Crippen LogP contribution in [0.15, 0.2) is 83.5 Å². The molecule has 3 amide bonds. The highest BCUT2D eigenvalue weighted by molar-refractivity contribution is 6.53. The molecule has 1 aliphatic rings. The molecule has 1 heterocycles. The van der Waals surface area contributed by atoms with Crippen molar-refractivity contribution < 1.29 is 19.1 Å². The first-order chi connectivity index (χ1) is 15.9. The fourth-order valence-corrected chi connectivity index (χ4v) is 3.62. The molecule has 0 radical (unpaired) electrons. The van der Waals surface area contributed by atoms with E-state index in [0.717, 1.165) is 10.5 Å². The lowest BCUT2D eigenvalue weighted by Crippen LogP contribution is -2.32. The minimum atomic E-state index is -0.605. The summed E-state index contributed by atoms with van der Waals surface area (Å²) in [6, 6.07) is 20.5. The van der Waals surface area contributed by atoms with Crippen LogP contribution in [0.25, 0.3) is 0 Å². The number of benzene rings is 3. The van der Waals surface area contributed by atoms with Gasteiger partial charge in [0.1, 0.15) is 16.5 Å². The second-order valence-corrected chi connectivity index (χ2v) is 7.69. The van der Waals surface area contributed by atoms with Crippen molar-refractivity contribution in [3.8, 4) is 5.75 Å². The normalized spacial score (nSPS) is 13.4. The fourth-order valence-electron chi connectivity index (χ4n) is 3.40. The first-order valence-corrected chi connectivity index (χ1v) is 10.4. The Labute approximate surface area is 195 Å². The van der Waals surface area contributed by atoms with Crippen molar-refractivity contribution in [2.45, 2.75) is 6.92 Å². The number of halogens is 1. The van der Waals surface area contributed by atoms with Gasteiger partial charge in [0.05, 0.1) is 12.8 Å². The molecule has 0 bridgehead atoms. The number of amides is 3. The lowest BCUT2D eigenvalue weighted by Gasteiger charge is -2.17. The number of aryl methyl sites for hydroxylation is 1. The zero-order valence-electron chi connectivity index (χ0n) is 17.9. The first-order valence-electron chi connectivity index (χ1n) is 10.1. The summed E-state index contributed by atoms with van der Waals surface area (Å²) in [7, 11) is 1.57. The molecule has 0 aliphatic carbocycles. The van der Waals surface area contributed by atoms with Crippen LogP contribution >= 0.6 is 11.6 Å². The number of methoxy groups -OCH3 is 1. The molecule has 0 saturated carbocycles. The van der Waals surface area contributed by atoms with E-state index >= 15 is 0 Å². The predicted molar refractivity (Wildman–Crippen MR) is 128 cm³/mol. The highest BCUT2D eigenvalue weighted by Crippen LogP contribution is 2.32. The molecule has 0 fully saturated rings. The van der Waals surface area contributed by atoms with Crippen LogP contribution in [0.1, 0.15) is 15.9 Å². The van der Waals surface area contributed by atoms with Crippen molar-refractivity contribution in [2.75, 3.05) is 22.6 Å². The van der Waals surface area contributed by atoms with Crippen molar-refractivity contribution in [1.82, 2.24) is 0 Å². The zero-order chi connectivity index (χ0) is 23.5. The molecule has 0 aromatic heterocycles. The largest absolute Gasteiger partial charge is 0.497 e. The van der Waals surface area contributed by atoms with E-state index in [4.69, 9.17) is 16.3 Å². The molecule has 4 rings (SSSR count). The standard InChI is InChI=1S/C25H20ClN3O4/c1-15-6-3-4-9-20(15)29-24(31)21(26)22(25(29)32)27-18-8-5-7-16(14-18)23(30)28-17-10-12-19(33-2)13-11-17/h3-14,27H,1-2H3,(H,28,30). The summed E-state index contributed by atoms with van der Waals surface area (Å²) >= 11 is 6.22. The Morgan fingerprint density at radius 2 is 1.64 bits per heavy atom. The average molecular weight is 462 g/mol. The third-order valence-corrected chi connectivity index (χ3v) is 5.48. The van der Waals surface area contributed by atoms with Crippen LogP contribution in [0.3, 0.4) is 0 Å². The third kappa shape index (κ3) is 4.44. The van der Waals surface area contributed by atoms with Gasteiger partial charge >= 0.3 is 0 Å². The minimum Gasteiger partial charge on any atom is -0.497 e. The number of carbonyl (C=O) groups excluding carboxylic acids is 3. The van der Waals surface area contributed by atoms with Crippen molar-refractivity contribution in [2.24, 2.45) is 0 Å². The summed E-state index contributed by atoms with van der Waals surface area (Å²) in [4.78, 5) is 39.4. The summed E-state index contributed by atoms with van der Waals surface area (Å²) in [6.07, 6.45) is 0. The zero-order valence-corrected chi connectivity index (χ0v) is 18.6. The number of para-hydroxylation sites is 1. The van der Waals surface area contributed by atoms with Crippen LogP contribution in [0.5, 0.6) is 5.75 Å². The Balaban J connectivity index is 1.53. The third-order valence-electron chi connectivity index (χ3n) is 5.13.